The van der Waals surface area contributed by atoms with Gasteiger partial charge in [-0.15, -0.1) is 0 Å². The van der Waals surface area contributed by atoms with Gasteiger partial charge < -0.3 is 10.3 Å². The lowest BCUT2D eigenvalue weighted by Gasteiger charge is -2.03. The van der Waals surface area contributed by atoms with Crippen LogP contribution in [-0.4, -0.2) is 9.97 Å². The minimum Gasteiger partial charge on any atom is -0.315 e. The van der Waals surface area contributed by atoms with E-state index in [0.29, 0.717) is 6.54 Å². The molecule has 4 nitrogen and oxygen atoms in total. The van der Waals surface area contributed by atoms with Gasteiger partial charge in [-0.3, -0.25) is 9.78 Å². The zero-order chi connectivity index (χ0) is 11.4. The number of aryl methyl sites for hydroxylation is 1. The molecule has 0 unspecified atom stereocenters. The molecule has 2 rings (SSSR count). The van der Waals surface area contributed by atoms with Crippen LogP contribution in [0.3, 0.4) is 0 Å². The number of aromatic amines is 1. The van der Waals surface area contributed by atoms with E-state index in [1.807, 2.05) is 24.7 Å². The highest BCUT2D eigenvalue weighted by Gasteiger charge is 1.97. The molecule has 2 aromatic rings. The Hall–Kier alpha value is -1.46. The number of aromatic nitrogens is 2. The zero-order valence-electron chi connectivity index (χ0n) is 8.99. The van der Waals surface area contributed by atoms with Crippen molar-refractivity contribution in [3.8, 4) is 0 Å². The van der Waals surface area contributed by atoms with Crippen LogP contribution < -0.4 is 10.2 Å². The van der Waals surface area contributed by atoms with Gasteiger partial charge in [0.15, 0.2) is 0 Å². The van der Waals surface area contributed by atoms with E-state index >= 15 is 0 Å². The molecule has 0 aliphatic heterocycles. The number of nitrogens with zero attached hydrogens (tertiary/aromatic N) is 1. The summed E-state index contributed by atoms with van der Waals surface area (Å²) in [5.74, 6) is 0. The zero-order valence-corrected chi connectivity index (χ0v) is 9.80. The van der Waals surface area contributed by atoms with Gasteiger partial charge in [-0.25, -0.2) is 0 Å². The Morgan fingerprint density at radius 1 is 1.44 bits per heavy atom. The number of pyridine rings is 1. The van der Waals surface area contributed by atoms with E-state index in [4.69, 9.17) is 0 Å². The van der Waals surface area contributed by atoms with E-state index in [1.165, 1.54) is 11.3 Å². The van der Waals surface area contributed by atoms with E-state index in [2.05, 4.69) is 21.4 Å². The van der Waals surface area contributed by atoms with Crippen molar-refractivity contribution < 1.29 is 0 Å². The standard InChI is InChI=1S/C11H13N3OS/c1-8-2-9(4-12-3-8)5-13-6-10-7-16-11(15)14-10/h2-4,7,13H,5-6H2,1H3,(H,14,15). The molecule has 0 fully saturated rings. The van der Waals surface area contributed by atoms with Crippen LogP contribution in [0.4, 0.5) is 0 Å². The third-order valence-corrected chi connectivity index (χ3v) is 2.87. The molecular weight excluding hydrogens is 222 g/mol. The highest BCUT2D eigenvalue weighted by Crippen LogP contribution is 2.01. The molecule has 0 radical (unpaired) electrons. The molecule has 2 N–H and O–H groups in total. The second kappa shape index (κ2) is 5.05. The average molecular weight is 235 g/mol. The summed E-state index contributed by atoms with van der Waals surface area (Å²) >= 11 is 1.19. The number of H-pyrrole nitrogens is 1. The first-order valence-electron chi connectivity index (χ1n) is 5.02. The fourth-order valence-corrected chi connectivity index (χ4v) is 2.04. The highest BCUT2D eigenvalue weighted by atomic mass is 32.1. The van der Waals surface area contributed by atoms with Crippen molar-refractivity contribution in [1.29, 1.82) is 0 Å². The maximum absolute atomic E-state index is 10.9. The molecular formula is C11H13N3OS. The van der Waals surface area contributed by atoms with Gasteiger partial charge in [-0.05, 0) is 18.1 Å². The van der Waals surface area contributed by atoms with Crippen LogP contribution in [0.15, 0.2) is 28.6 Å². The van der Waals surface area contributed by atoms with E-state index in [1.54, 1.807) is 0 Å². The molecule has 0 saturated carbocycles. The van der Waals surface area contributed by atoms with Crippen molar-refractivity contribution in [3.05, 3.63) is 50.3 Å². The molecule has 0 amide bonds. The van der Waals surface area contributed by atoms with Gasteiger partial charge in [0.05, 0.1) is 0 Å². The van der Waals surface area contributed by atoms with E-state index in [9.17, 15) is 4.79 Å². The third-order valence-electron chi connectivity index (χ3n) is 2.15. The quantitative estimate of drug-likeness (QED) is 0.843. The first-order chi connectivity index (χ1) is 7.74. The summed E-state index contributed by atoms with van der Waals surface area (Å²) in [6.07, 6.45) is 3.68. The Balaban J connectivity index is 1.86. The summed E-state index contributed by atoms with van der Waals surface area (Å²) in [5.41, 5.74) is 3.23. The fourth-order valence-electron chi connectivity index (χ4n) is 1.46. The molecule has 2 heterocycles. The van der Waals surface area contributed by atoms with E-state index < -0.39 is 0 Å². The monoisotopic (exact) mass is 235 g/mol. The SMILES string of the molecule is Cc1cncc(CNCc2csc(=O)[nH]2)c1. The van der Waals surface area contributed by atoms with Crippen LogP contribution in [0, 0.1) is 6.92 Å². The third kappa shape index (κ3) is 3.01. The molecule has 0 spiro atoms. The highest BCUT2D eigenvalue weighted by molar-refractivity contribution is 7.07. The van der Waals surface area contributed by atoms with Crippen LogP contribution in [0.25, 0.3) is 0 Å². The second-order valence-corrected chi connectivity index (χ2v) is 4.49. The summed E-state index contributed by atoms with van der Waals surface area (Å²) in [4.78, 5) is 17.8. The van der Waals surface area contributed by atoms with Gasteiger partial charge in [-0.2, -0.15) is 0 Å². The predicted molar refractivity (Wildman–Crippen MR) is 64.5 cm³/mol. The summed E-state index contributed by atoms with van der Waals surface area (Å²) in [6, 6.07) is 2.09. The molecule has 0 atom stereocenters. The van der Waals surface area contributed by atoms with Crippen LogP contribution in [-0.2, 0) is 13.1 Å². The first-order valence-corrected chi connectivity index (χ1v) is 5.90. The maximum atomic E-state index is 10.9. The number of rotatable bonds is 4. The van der Waals surface area contributed by atoms with Crippen molar-refractivity contribution in [2.45, 2.75) is 20.0 Å². The molecule has 0 aromatic carbocycles. The van der Waals surface area contributed by atoms with Gasteiger partial charge in [-0.1, -0.05) is 17.4 Å². The Labute approximate surface area is 97.4 Å². The minimum absolute atomic E-state index is 0.00553. The Kier molecular flexibility index (Phi) is 3.48. The first kappa shape index (κ1) is 11.0. The van der Waals surface area contributed by atoms with E-state index in [0.717, 1.165) is 23.4 Å². The molecule has 0 saturated heterocycles. The Bertz CT molecular complexity index is 518. The molecule has 0 aliphatic carbocycles. The summed E-state index contributed by atoms with van der Waals surface area (Å²) < 4.78 is 0. The predicted octanol–water partition coefficient (Wildman–Crippen LogP) is 1.43. The van der Waals surface area contributed by atoms with Crippen molar-refractivity contribution in [2.24, 2.45) is 0 Å². The number of nitrogens with one attached hydrogen (secondary N) is 2. The largest absolute Gasteiger partial charge is 0.315 e. The van der Waals surface area contributed by atoms with Crippen molar-refractivity contribution in [1.82, 2.24) is 15.3 Å². The lowest BCUT2D eigenvalue weighted by atomic mass is 10.2. The molecule has 2 aromatic heterocycles. The normalized spacial score (nSPS) is 10.6. The number of thiazole rings is 1. The molecule has 16 heavy (non-hydrogen) atoms. The topological polar surface area (TPSA) is 57.8 Å². The van der Waals surface area contributed by atoms with Gasteiger partial charge >= 0.3 is 4.87 Å². The molecule has 5 heteroatoms. The van der Waals surface area contributed by atoms with Gasteiger partial charge in [0.25, 0.3) is 0 Å². The second-order valence-electron chi connectivity index (χ2n) is 3.65. The van der Waals surface area contributed by atoms with Crippen LogP contribution in [0.5, 0.6) is 0 Å². The molecule has 0 aliphatic rings. The van der Waals surface area contributed by atoms with Gasteiger partial charge in [0, 0.05) is 36.6 Å². The van der Waals surface area contributed by atoms with Crippen molar-refractivity contribution in [3.63, 3.8) is 0 Å². The summed E-state index contributed by atoms with van der Waals surface area (Å²) in [5, 5.41) is 5.09. The molecule has 0 bridgehead atoms. The van der Waals surface area contributed by atoms with E-state index in [-0.39, 0.29) is 4.87 Å². The summed E-state index contributed by atoms with van der Waals surface area (Å²) in [7, 11) is 0. The lowest BCUT2D eigenvalue weighted by Crippen LogP contribution is -2.14. The van der Waals surface area contributed by atoms with Gasteiger partial charge in [0.1, 0.15) is 0 Å². The van der Waals surface area contributed by atoms with Crippen LogP contribution >= 0.6 is 11.3 Å². The van der Waals surface area contributed by atoms with Gasteiger partial charge in [0.2, 0.25) is 0 Å². The van der Waals surface area contributed by atoms with Crippen molar-refractivity contribution >= 4 is 11.3 Å². The number of hydrogen-bond donors (Lipinski definition) is 2. The fraction of sp³-hybridized carbons (Fsp3) is 0.273. The lowest BCUT2D eigenvalue weighted by molar-refractivity contribution is 0.679. The van der Waals surface area contributed by atoms with Crippen LogP contribution in [0.1, 0.15) is 16.8 Å². The number of hydrogen-bond acceptors (Lipinski definition) is 4. The Morgan fingerprint density at radius 3 is 3.00 bits per heavy atom. The molecule has 84 valence electrons. The summed E-state index contributed by atoms with van der Waals surface area (Å²) in [6.45, 7) is 3.45. The Morgan fingerprint density at radius 2 is 2.31 bits per heavy atom. The van der Waals surface area contributed by atoms with Crippen molar-refractivity contribution in [2.75, 3.05) is 0 Å². The minimum atomic E-state index is -0.00553. The smallest absolute Gasteiger partial charge is 0.304 e. The van der Waals surface area contributed by atoms with Crippen LogP contribution in [0.2, 0.25) is 0 Å². The maximum Gasteiger partial charge on any atom is 0.304 e. The average Bonchev–Trinajstić information content (AvgIpc) is 2.64.